The van der Waals surface area contributed by atoms with Crippen molar-refractivity contribution in [2.24, 2.45) is 0 Å². The molecule has 3 heterocycles. The zero-order valence-electron chi connectivity index (χ0n) is 15.3. The van der Waals surface area contributed by atoms with Crippen molar-refractivity contribution in [3.63, 3.8) is 0 Å². The summed E-state index contributed by atoms with van der Waals surface area (Å²) < 4.78 is 5.44. The van der Waals surface area contributed by atoms with Crippen LogP contribution in [0, 0.1) is 6.92 Å². The molecule has 0 spiro atoms. The van der Waals surface area contributed by atoms with Crippen LogP contribution in [0.5, 0.6) is 5.75 Å². The van der Waals surface area contributed by atoms with Crippen LogP contribution in [0.25, 0.3) is 0 Å². The Morgan fingerprint density at radius 1 is 1.31 bits per heavy atom. The van der Waals surface area contributed by atoms with Gasteiger partial charge in [0.05, 0.1) is 20.1 Å². The fourth-order valence-corrected chi connectivity index (χ4v) is 3.82. The van der Waals surface area contributed by atoms with Gasteiger partial charge in [0.1, 0.15) is 17.4 Å². The number of ether oxygens (including phenoxy) is 1. The average Bonchev–Trinajstić information content (AvgIpc) is 2.99. The van der Waals surface area contributed by atoms with E-state index in [4.69, 9.17) is 14.7 Å². The maximum atomic E-state index is 12.7. The summed E-state index contributed by atoms with van der Waals surface area (Å²) in [5.74, 6) is 2.80. The van der Waals surface area contributed by atoms with Gasteiger partial charge in [0.2, 0.25) is 5.91 Å². The molecule has 1 saturated heterocycles. The van der Waals surface area contributed by atoms with Gasteiger partial charge in [-0.1, -0.05) is 18.2 Å². The molecule has 0 radical (unpaired) electrons. The van der Waals surface area contributed by atoms with Gasteiger partial charge >= 0.3 is 0 Å². The molecule has 6 heteroatoms. The lowest BCUT2D eigenvalue weighted by atomic mass is 9.98. The number of aryl methyl sites for hydroxylation is 1. The molecule has 1 aromatic heterocycles. The van der Waals surface area contributed by atoms with Crippen LogP contribution in [0.3, 0.4) is 0 Å². The van der Waals surface area contributed by atoms with Crippen LogP contribution in [0.1, 0.15) is 41.4 Å². The largest absolute Gasteiger partial charge is 0.496 e. The van der Waals surface area contributed by atoms with Gasteiger partial charge in [-0.3, -0.25) is 9.69 Å². The molecule has 0 bridgehead atoms. The Morgan fingerprint density at radius 2 is 2.15 bits per heavy atom. The molecule has 2 aliphatic heterocycles. The highest BCUT2D eigenvalue weighted by molar-refractivity contribution is 6.00. The number of hydrogen-bond acceptors (Lipinski definition) is 5. The van der Waals surface area contributed by atoms with E-state index in [9.17, 15) is 4.79 Å². The lowest BCUT2D eigenvalue weighted by molar-refractivity contribution is -0.117. The van der Waals surface area contributed by atoms with E-state index in [0.717, 1.165) is 60.1 Å². The van der Waals surface area contributed by atoms with Crippen molar-refractivity contribution in [1.29, 1.82) is 0 Å². The van der Waals surface area contributed by atoms with Crippen molar-refractivity contribution >= 4 is 11.7 Å². The molecular formula is C20H24N4O2. The molecule has 0 aliphatic carbocycles. The number of aromatic nitrogens is 2. The van der Waals surface area contributed by atoms with Crippen molar-refractivity contribution in [3.8, 4) is 5.75 Å². The molecule has 1 atom stereocenters. The summed E-state index contributed by atoms with van der Waals surface area (Å²) in [6.45, 7) is 4.41. The van der Waals surface area contributed by atoms with Gasteiger partial charge in [0, 0.05) is 29.3 Å². The first-order valence-electron chi connectivity index (χ1n) is 9.17. The number of amides is 1. The lowest BCUT2D eigenvalue weighted by Crippen LogP contribution is -2.30. The van der Waals surface area contributed by atoms with Crippen LogP contribution in [0.2, 0.25) is 0 Å². The Kier molecular flexibility index (Phi) is 4.59. The van der Waals surface area contributed by atoms with E-state index in [-0.39, 0.29) is 5.91 Å². The van der Waals surface area contributed by atoms with Crippen LogP contribution < -0.4 is 15.0 Å². The number of rotatable bonds is 4. The number of hydrogen-bond donors (Lipinski definition) is 1. The van der Waals surface area contributed by atoms with Gasteiger partial charge in [0.15, 0.2) is 0 Å². The summed E-state index contributed by atoms with van der Waals surface area (Å²) in [7, 11) is 1.65. The van der Waals surface area contributed by atoms with Gasteiger partial charge in [-0.25, -0.2) is 9.97 Å². The third-order valence-electron chi connectivity index (χ3n) is 5.28. The Bertz CT molecular complexity index is 831. The first-order chi connectivity index (χ1) is 12.7. The third-order valence-corrected chi connectivity index (χ3v) is 5.28. The molecule has 0 unspecified atom stereocenters. The zero-order chi connectivity index (χ0) is 18.1. The molecule has 2 aromatic rings. The summed E-state index contributed by atoms with van der Waals surface area (Å²) in [5.41, 5.74) is 2.86. The van der Waals surface area contributed by atoms with Gasteiger partial charge in [-0.2, -0.15) is 0 Å². The number of piperidine rings is 1. The molecule has 1 fully saturated rings. The maximum Gasteiger partial charge on any atom is 0.233 e. The van der Waals surface area contributed by atoms with Gasteiger partial charge < -0.3 is 10.1 Å². The van der Waals surface area contributed by atoms with Gasteiger partial charge in [-0.15, -0.1) is 0 Å². The fourth-order valence-electron chi connectivity index (χ4n) is 3.82. The number of benzene rings is 1. The van der Waals surface area contributed by atoms with Crippen molar-refractivity contribution < 1.29 is 9.53 Å². The third kappa shape index (κ3) is 3.05. The van der Waals surface area contributed by atoms with Gasteiger partial charge in [-0.05, 0) is 32.4 Å². The number of carbonyl (C=O) groups is 1. The van der Waals surface area contributed by atoms with Crippen LogP contribution in [0.15, 0.2) is 24.3 Å². The number of carbonyl (C=O) groups excluding carboxylic acids is 1. The second kappa shape index (κ2) is 7.03. The predicted molar refractivity (Wildman–Crippen MR) is 99.5 cm³/mol. The highest BCUT2D eigenvalue weighted by atomic mass is 16.5. The van der Waals surface area contributed by atoms with Crippen molar-refractivity contribution in [1.82, 2.24) is 15.3 Å². The van der Waals surface area contributed by atoms with E-state index in [1.165, 1.54) is 0 Å². The first-order valence-corrected chi connectivity index (χ1v) is 9.17. The molecule has 2 aliphatic rings. The Hall–Kier alpha value is -2.47. The number of methoxy groups -OCH3 is 1. The smallest absolute Gasteiger partial charge is 0.233 e. The fraction of sp³-hybridized carbons (Fsp3) is 0.450. The molecule has 0 saturated carbocycles. The Labute approximate surface area is 153 Å². The quantitative estimate of drug-likeness (QED) is 0.915. The van der Waals surface area contributed by atoms with E-state index in [2.05, 4.69) is 5.32 Å². The summed E-state index contributed by atoms with van der Waals surface area (Å²) in [4.78, 5) is 24.0. The molecule has 6 nitrogen and oxygen atoms in total. The molecular weight excluding hydrogens is 328 g/mol. The Balaban J connectivity index is 1.68. The molecule has 1 N–H and O–H groups in total. The number of anilines is 1. The normalized spacial score (nSPS) is 19.5. The minimum atomic E-state index is 0.0715. The summed E-state index contributed by atoms with van der Waals surface area (Å²) in [6.07, 6.45) is 2.60. The Morgan fingerprint density at radius 3 is 2.92 bits per heavy atom. The minimum Gasteiger partial charge on any atom is -0.496 e. The molecule has 136 valence electrons. The van der Waals surface area contributed by atoms with E-state index >= 15 is 0 Å². The van der Waals surface area contributed by atoms with Crippen LogP contribution in [-0.4, -0.2) is 36.1 Å². The number of nitrogens with zero attached hydrogens (tertiary/aromatic N) is 3. The van der Waals surface area contributed by atoms with E-state index in [1.54, 1.807) is 12.0 Å². The first kappa shape index (κ1) is 17.0. The van der Waals surface area contributed by atoms with Crippen LogP contribution >= 0.6 is 0 Å². The highest BCUT2D eigenvalue weighted by Gasteiger charge is 2.33. The topological polar surface area (TPSA) is 67.3 Å². The van der Waals surface area contributed by atoms with Gasteiger partial charge in [0.25, 0.3) is 0 Å². The lowest BCUT2D eigenvalue weighted by Gasteiger charge is -2.24. The SMILES string of the molecule is COc1ccccc1CN1C(=O)Cc2c(C)nc([C@H]3CCCNC3)nc21. The molecule has 4 rings (SSSR count). The molecule has 1 amide bonds. The van der Waals surface area contributed by atoms with E-state index < -0.39 is 0 Å². The monoisotopic (exact) mass is 352 g/mol. The van der Waals surface area contributed by atoms with Crippen molar-refractivity contribution in [3.05, 3.63) is 46.9 Å². The second-order valence-electron chi connectivity index (χ2n) is 6.98. The van der Waals surface area contributed by atoms with E-state index in [1.807, 2.05) is 31.2 Å². The van der Waals surface area contributed by atoms with Crippen molar-refractivity contribution in [2.45, 2.75) is 38.6 Å². The highest BCUT2D eigenvalue weighted by Crippen LogP contribution is 2.33. The average molecular weight is 352 g/mol. The summed E-state index contributed by atoms with van der Waals surface area (Å²) in [6, 6.07) is 7.80. The summed E-state index contributed by atoms with van der Waals surface area (Å²) in [5, 5.41) is 3.42. The molecule has 1 aromatic carbocycles. The van der Waals surface area contributed by atoms with E-state index in [0.29, 0.717) is 18.9 Å². The zero-order valence-corrected chi connectivity index (χ0v) is 15.3. The predicted octanol–water partition coefficient (Wildman–Crippen LogP) is 2.35. The maximum absolute atomic E-state index is 12.7. The molecule has 26 heavy (non-hydrogen) atoms. The number of para-hydroxylation sites is 1. The summed E-state index contributed by atoms with van der Waals surface area (Å²) >= 11 is 0. The standard InChI is InChI=1S/C20H24N4O2/c1-13-16-10-18(25)24(12-15-6-3-4-8-17(15)26-2)20(16)23-19(22-13)14-7-5-9-21-11-14/h3-4,6,8,14,21H,5,7,9-12H2,1-2H3/t14-/m0/s1. The van der Waals surface area contributed by atoms with Crippen LogP contribution in [-0.2, 0) is 17.8 Å². The second-order valence-corrected chi connectivity index (χ2v) is 6.98. The minimum absolute atomic E-state index is 0.0715. The number of fused-ring (bicyclic) bond motifs is 1. The van der Waals surface area contributed by atoms with Crippen LogP contribution in [0.4, 0.5) is 5.82 Å². The van der Waals surface area contributed by atoms with Crippen molar-refractivity contribution in [2.75, 3.05) is 25.1 Å². The number of nitrogens with one attached hydrogen (secondary N) is 1.